The number of para-hydroxylation sites is 1. The van der Waals surface area contributed by atoms with E-state index in [4.69, 9.17) is 9.47 Å². The van der Waals surface area contributed by atoms with Crippen molar-refractivity contribution in [3.8, 4) is 5.75 Å². The second-order valence-electron chi connectivity index (χ2n) is 4.10. The number of carbonyl (C=O) groups is 1. The van der Waals surface area contributed by atoms with Gasteiger partial charge < -0.3 is 9.47 Å². The highest BCUT2D eigenvalue weighted by molar-refractivity contribution is 15.0. The van der Waals surface area contributed by atoms with Crippen molar-refractivity contribution >= 4 is 43.2 Å². The van der Waals surface area contributed by atoms with Gasteiger partial charge in [-0.2, -0.15) is 0 Å². The maximum absolute atomic E-state index is 11.5. The fourth-order valence-electron chi connectivity index (χ4n) is 1.12. The van der Waals surface area contributed by atoms with Gasteiger partial charge in [-0.05, 0) is 25.0 Å². The summed E-state index contributed by atoms with van der Waals surface area (Å²) in [5.41, 5.74) is 0. The largest absolute Gasteiger partial charge is 0.479 e. The van der Waals surface area contributed by atoms with Crippen LogP contribution in [0.3, 0.4) is 0 Å². The van der Waals surface area contributed by atoms with Crippen LogP contribution in [-0.2, 0) is 9.53 Å². The molecular weight excluding hydrogens is 482 g/mol. The normalized spacial score (nSPS) is 10.4. The first-order valence-corrected chi connectivity index (χ1v) is 12.9. The molecule has 0 radical (unpaired) electrons. The second-order valence-corrected chi connectivity index (χ2v) is 4.10. The number of carbonyl (C=O) groups excluding carboxylic acids is 1. The number of hydrogen-bond acceptors (Lipinski definition) is 3. The summed E-state index contributed by atoms with van der Waals surface area (Å²) in [5, 5.41) is 0. The van der Waals surface area contributed by atoms with Crippen LogP contribution in [0.1, 0.15) is 34.6 Å². The minimum absolute atomic E-state index is 0.322. The SMILES string of the molecule is CC.CC(C)COC(=O)C(C)Oc1ccccc1.II. The molecule has 5 heteroatoms. The zero-order chi connectivity index (χ0) is 16.0. The minimum atomic E-state index is -0.568. The molecule has 0 bridgehead atoms. The molecule has 20 heavy (non-hydrogen) atoms. The molecule has 116 valence electrons. The fraction of sp³-hybridized carbons (Fsp3) is 0.533. The van der Waals surface area contributed by atoms with Gasteiger partial charge in [-0.1, -0.05) is 45.9 Å². The summed E-state index contributed by atoms with van der Waals surface area (Å²) in [7, 11) is 0. The summed E-state index contributed by atoms with van der Waals surface area (Å²) < 4.78 is 10.5. The van der Waals surface area contributed by atoms with Gasteiger partial charge >= 0.3 is 5.97 Å². The molecule has 0 saturated heterocycles. The van der Waals surface area contributed by atoms with Gasteiger partial charge in [0.25, 0.3) is 0 Å². The molecule has 0 amide bonds. The summed E-state index contributed by atoms with van der Waals surface area (Å²) in [5.74, 6) is 0.696. The van der Waals surface area contributed by atoms with Gasteiger partial charge in [0, 0.05) is 37.2 Å². The third-order valence-corrected chi connectivity index (χ3v) is 1.95. The maximum atomic E-state index is 11.5. The van der Waals surface area contributed by atoms with E-state index in [1.165, 1.54) is 0 Å². The van der Waals surface area contributed by atoms with Crippen molar-refractivity contribution in [2.45, 2.75) is 40.7 Å². The monoisotopic (exact) mass is 506 g/mol. The van der Waals surface area contributed by atoms with Crippen molar-refractivity contribution in [1.29, 1.82) is 0 Å². The van der Waals surface area contributed by atoms with Crippen molar-refractivity contribution in [3.63, 3.8) is 0 Å². The summed E-state index contributed by atoms with van der Waals surface area (Å²) >= 11 is 4.24. The Hall–Kier alpha value is -0.0500. The van der Waals surface area contributed by atoms with E-state index in [-0.39, 0.29) is 5.97 Å². The molecule has 1 aromatic rings. The van der Waals surface area contributed by atoms with Crippen LogP contribution in [0.25, 0.3) is 0 Å². The number of rotatable bonds is 5. The Morgan fingerprint density at radius 2 is 1.60 bits per heavy atom. The smallest absolute Gasteiger partial charge is 0.347 e. The fourth-order valence-corrected chi connectivity index (χ4v) is 1.12. The molecule has 0 N–H and O–H groups in total. The third kappa shape index (κ3) is 11.7. The zero-order valence-electron chi connectivity index (χ0n) is 12.7. The van der Waals surface area contributed by atoms with Gasteiger partial charge in [0.05, 0.1) is 6.61 Å². The van der Waals surface area contributed by atoms with Crippen LogP contribution in [0.2, 0.25) is 0 Å². The Morgan fingerprint density at radius 3 is 2.05 bits per heavy atom. The Labute approximate surface area is 146 Å². The lowest BCUT2D eigenvalue weighted by Gasteiger charge is -2.14. The van der Waals surface area contributed by atoms with E-state index >= 15 is 0 Å². The van der Waals surface area contributed by atoms with Crippen molar-refractivity contribution in [1.82, 2.24) is 0 Å². The Balaban J connectivity index is 0. The Kier molecular flexibility index (Phi) is 17.1. The van der Waals surface area contributed by atoms with Crippen LogP contribution in [-0.4, -0.2) is 18.7 Å². The van der Waals surface area contributed by atoms with E-state index in [0.717, 1.165) is 0 Å². The third-order valence-electron chi connectivity index (χ3n) is 1.95. The minimum Gasteiger partial charge on any atom is -0.479 e. The standard InChI is InChI=1S/C13H18O3.C2H6.I2/c1-10(2)9-15-13(14)11(3)16-12-7-5-4-6-8-12;2*1-2/h4-8,10-11H,9H2,1-3H3;1-2H3;. The first-order chi connectivity index (χ1) is 9.59. The summed E-state index contributed by atoms with van der Waals surface area (Å²) in [6.07, 6.45) is -0.568. The van der Waals surface area contributed by atoms with Gasteiger partial charge in [-0.3, -0.25) is 0 Å². The number of esters is 1. The Bertz CT molecular complexity index is 329. The molecule has 0 saturated carbocycles. The van der Waals surface area contributed by atoms with Gasteiger partial charge in [-0.25, -0.2) is 4.79 Å². The lowest BCUT2D eigenvalue weighted by atomic mass is 10.2. The molecule has 0 aliphatic rings. The van der Waals surface area contributed by atoms with E-state index in [9.17, 15) is 4.79 Å². The first-order valence-electron chi connectivity index (χ1n) is 6.62. The molecule has 0 heterocycles. The highest BCUT2D eigenvalue weighted by atomic mass is 128. The summed E-state index contributed by atoms with van der Waals surface area (Å²) in [6.45, 7) is 10.1. The zero-order valence-corrected chi connectivity index (χ0v) is 17.0. The van der Waals surface area contributed by atoms with E-state index in [0.29, 0.717) is 18.3 Å². The number of hydrogen-bond donors (Lipinski definition) is 0. The number of benzene rings is 1. The summed E-state index contributed by atoms with van der Waals surface area (Å²) in [6, 6.07) is 9.25. The number of ether oxygens (including phenoxy) is 2. The van der Waals surface area contributed by atoms with Crippen LogP contribution in [0.15, 0.2) is 30.3 Å². The van der Waals surface area contributed by atoms with Crippen molar-refractivity contribution in [2.24, 2.45) is 5.92 Å². The first kappa shape index (κ1) is 22.2. The molecule has 0 spiro atoms. The highest BCUT2D eigenvalue weighted by Crippen LogP contribution is 2.11. The molecule has 3 nitrogen and oxygen atoms in total. The van der Waals surface area contributed by atoms with Crippen LogP contribution in [0.5, 0.6) is 5.75 Å². The van der Waals surface area contributed by atoms with Crippen LogP contribution in [0.4, 0.5) is 0 Å². The molecule has 1 unspecified atom stereocenters. The molecule has 1 aromatic carbocycles. The summed E-state index contributed by atoms with van der Waals surface area (Å²) in [4.78, 5) is 11.5. The van der Waals surface area contributed by atoms with Gasteiger partial charge in [-0.15, -0.1) is 0 Å². The predicted octanol–water partition coefficient (Wildman–Crippen LogP) is 5.45. The molecule has 0 aromatic heterocycles. The van der Waals surface area contributed by atoms with Gasteiger partial charge in [0.15, 0.2) is 6.10 Å². The van der Waals surface area contributed by atoms with E-state index in [1.807, 2.05) is 58.0 Å². The van der Waals surface area contributed by atoms with Crippen molar-refractivity contribution < 1.29 is 14.3 Å². The molecule has 0 aliphatic heterocycles. The van der Waals surface area contributed by atoms with Gasteiger partial charge in [0.2, 0.25) is 0 Å². The predicted molar refractivity (Wildman–Crippen MR) is 102 cm³/mol. The van der Waals surface area contributed by atoms with Crippen LogP contribution < -0.4 is 4.74 Å². The lowest BCUT2D eigenvalue weighted by molar-refractivity contribution is -0.152. The molecular formula is C15H24I2O3. The molecule has 1 rings (SSSR count). The molecule has 0 fully saturated rings. The highest BCUT2D eigenvalue weighted by Gasteiger charge is 2.16. The van der Waals surface area contributed by atoms with E-state index in [2.05, 4.69) is 37.2 Å². The van der Waals surface area contributed by atoms with Crippen LogP contribution in [0, 0.1) is 5.92 Å². The topological polar surface area (TPSA) is 35.5 Å². The van der Waals surface area contributed by atoms with Crippen molar-refractivity contribution in [3.05, 3.63) is 30.3 Å². The average molecular weight is 506 g/mol. The maximum Gasteiger partial charge on any atom is 0.347 e. The van der Waals surface area contributed by atoms with E-state index in [1.54, 1.807) is 6.92 Å². The molecule has 0 aliphatic carbocycles. The van der Waals surface area contributed by atoms with E-state index < -0.39 is 6.10 Å². The molecule has 1 atom stereocenters. The Morgan fingerprint density at radius 1 is 1.10 bits per heavy atom. The average Bonchev–Trinajstić information content (AvgIpc) is 2.49. The van der Waals surface area contributed by atoms with Crippen LogP contribution >= 0.6 is 37.2 Å². The van der Waals surface area contributed by atoms with Crippen molar-refractivity contribution in [2.75, 3.05) is 6.61 Å². The quantitative estimate of drug-likeness (QED) is 0.394. The second kappa shape index (κ2) is 15.3. The lowest BCUT2D eigenvalue weighted by Crippen LogP contribution is -2.27. The number of halogens is 2. The van der Waals surface area contributed by atoms with Gasteiger partial charge in [0.1, 0.15) is 5.75 Å².